The Labute approximate surface area is 85.7 Å². The van der Waals surface area contributed by atoms with E-state index >= 15 is 0 Å². The molecular weight excluding hydrogens is 174 g/mol. The SMILES string of the molecule is CCCNC(C)c1cc(C)cnc1N. The Balaban J connectivity index is 2.77. The number of hydrogen-bond acceptors (Lipinski definition) is 3. The summed E-state index contributed by atoms with van der Waals surface area (Å²) in [5.41, 5.74) is 8.06. The average Bonchev–Trinajstić information content (AvgIpc) is 2.18. The van der Waals surface area contributed by atoms with E-state index in [2.05, 4.69) is 30.2 Å². The van der Waals surface area contributed by atoms with Crippen molar-refractivity contribution in [3.8, 4) is 0 Å². The van der Waals surface area contributed by atoms with Crippen molar-refractivity contribution in [2.75, 3.05) is 12.3 Å². The summed E-state index contributed by atoms with van der Waals surface area (Å²) >= 11 is 0. The van der Waals surface area contributed by atoms with Crippen LogP contribution in [0.3, 0.4) is 0 Å². The molecular formula is C11H19N3. The molecule has 0 aliphatic carbocycles. The highest BCUT2D eigenvalue weighted by atomic mass is 14.9. The maximum atomic E-state index is 5.81. The zero-order chi connectivity index (χ0) is 10.6. The fourth-order valence-corrected chi connectivity index (χ4v) is 1.42. The topological polar surface area (TPSA) is 50.9 Å². The predicted molar refractivity (Wildman–Crippen MR) is 60.1 cm³/mol. The third-order valence-electron chi connectivity index (χ3n) is 2.25. The van der Waals surface area contributed by atoms with Gasteiger partial charge in [-0.2, -0.15) is 0 Å². The summed E-state index contributed by atoms with van der Waals surface area (Å²) in [6, 6.07) is 2.37. The maximum Gasteiger partial charge on any atom is 0.128 e. The van der Waals surface area contributed by atoms with E-state index in [1.807, 2.05) is 6.92 Å². The van der Waals surface area contributed by atoms with Crippen LogP contribution in [0.25, 0.3) is 0 Å². The molecule has 1 aromatic heterocycles. The van der Waals surface area contributed by atoms with Gasteiger partial charge in [-0.05, 0) is 38.4 Å². The van der Waals surface area contributed by atoms with E-state index in [0.717, 1.165) is 24.1 Å². The molecule has 0 bridgehead atoms. The lowest BCUT2D eigenvalue weighted by Gasteiger charge is -2.15. The van der Waals surface area contributed by atoms with E-state index in [0.29, 0.717) is 5.82 Å². The van der Waals surface area contributed by atoms with Crippen molar-refractivity contribution in [3.63, 3.8) is 0 Å². The smallest absolute Gasteiger partial charge is 0.128 e. The van der Waals surface area contributed by atoms with E-state index in [-0.39, 0.29) is 6.04 Å². The van der Waals surface area contributed by atoms with Crippen LogP contribution in [-0.4, -0.2) is 11.5 Å². The molecule has 0 aliphatic rings. The summed E-state index contributed by atoms with van der Waals surface area (Å²) in [4.78, 5) is 4.15. The summed E-state index contributed by atoms with van der Waals surface area (Å²) in [6.07, 6.45) is 2.93. The summed E-state index contributed by atoms with van der Waals surface area (Å²) in [5, 5.41) is 3.40. The first-order chi connectivity index (χ1) is 6.65. The number of anilines is 1. The average molecular weight is 193 g/mol. The number of nitrogens with zero attached hydrogens (tertiary/aromatic N) is 1. The van der Waals surface area contributed by atoms with Crippen LogP contribution in [0.1, 0.15) is 37.4 Å². The van der Waals surface area contributed by atoms with Crippen LogP contribution < -0.4 is 11.1 Å². The highest BCUT2D eigenvalue weighted by molar-refractivity contribution is 5.42. The van der Waals surface area contributed by atoms with Gasteiger partial charge < -0.3 is 11.1 Å². The standard InChI is InChI=1S/C11H19N3/c1-4-5-13-9(3)10-6-8(2)7-14-11(10)12/h6-7,9,13H,4-5H2,1-3H3,(H2,12,14). The van der Waals surface area contributed by atoms with Gasteiger partial charge in [0.1, 0.15) is 5.82 Å². The van der Waals surface area contributed by atoms with Gasteiger partial charge in [-0.15, -0.1) is 0 Å². The Morgan fingerprint density at radius 3 is 2.93 bits per heavy atom. The van der Waals surface area contributed by atoms with E-state index in [1.54, 1.807) is 6.20 Å². The van der Waals surface area contributed by atoms with Crippen LogP contribution in [0, 0.1) is 6.92 Å². The molecule has 3 nitrogen and oxygen atoms in total. The number of nitrogen functional groups attached to an aromatic ring is 1. The molecule has 0 spiro atoms. The van der Waals surface area contributed by atoms with Gasteiger partial charge in [0.15, 0.2) is 0 Å². The van der Waals surface area contributed by atoms with Gasteiger partial charge in [0.25, 0.3) is 0 Å². The molecule has 1 heterocycles. The number of hydrogen-bond donors (Lipinski definition) is 2. The summed E-state index contributed by atoms with van der Waals surface area (Å²) in [5.74, 6) is 0.631. The molecule has 0 fully saturated rings. The minimum absolute atomic E-state index is 0.280. The fourth-order valence-electron chi connectivity index (χ4n) is 1.42. The van der Waals surface area contributed by atoms with Crippen LogP contribution in [-0.2, 0) is 0 Å². The van der Waals surface area contributed by atoms with Gasteiger partial charge in [-0.25, -0.2) is 4.98 Å². The van der Waals surface area contributed by atoms with Crippen LogP contribution in [0.5, 0.6) is 0 Å². The summed E-state index contributed by atoms with van der Waals surface area (Å²) < 4.78 is 0. The molecule has 0 radical (unpaired) electrons. The van der Waals surface area contributed by atoms with Crippen molar-refractivity contribution >= 4 is 5.82 Å². The Bertz CT molecular complexity index is 297. The quantitative estimate of drug-likeness (QED) is 0.769. The Morgan fingerprint density at radius 1 is 1.57 bits per heavy atom. The second-order valence-electron chi connectivity index (χ2n) is 3.66. The van der Waals surface area contributed by atoms with Crippen molar-refractivity contribution in [1.82, 2.24) is 10.3 Å². The molecule has 1 rings (SSSR count). The molecule has 0 saturated heterocycles. The number of aromatic nitrogens is 1. The van der Waals surface area contributed by atoms with Crippen molar-refractivity contribution in [2.24, 2.45) is 0 Å². The molecule has 1 unspecified atom stereocenters. The van der Waals surface area contributed by atoms with Crippen LogP contribution in [0.2, 0.25) is 0 Å². The van der Waals surface area contributed by atoms with Gasteiger partial charge >= 0.3 is 0 Å². The molecule has 0 aromatic carbocycles. The van der Waals surface area contributed by atoms with Crippen LogP contribution in [0.15, 0.2) is 12.3 Å². The minimum atomic E-state index is 0.280. The van der Waals surface area contributed by atoms with Crippen molar-refractivity contribution in [3.05, 3.63) is 23.4 Å². The Morgan fingerprint density at radius 2 is 2.29 bits per heavy atom. The molecule has 0 saturated carbocycles. The number of rotatable bonds is 4. The lowest BCUT2D eigenvalue weighted by Crippen LogP contribution is -2.20. The summed E-state index contributed by atoms with van der Waals surface area (Å²) in [7, 11) is 0. The molecule has 3 N–H and O–H groups in total. The number of nitrogens with two attached hydrogens (primary N) is 1. The van der Waals surface area contributed by atoms with E-state index in [4.69, 9.17) is 5.73 Å². The largest absolute Gasteiger partial charge is 0.383 e. The molecule has 1 atom stereocenters. The Kier molecular flexibility index (Phi) is 3.89. The van der Waals surface area contributed by atoms with Crippen molar-refractivity contribution in [1.29, 1.82) is 0 Å². The van der Waals surface area contributed by atoms with Gasteiger partial charge in [0.05, 0.1) is 0 Å². The molecule has 0 aliphatic heterocycles. The zero-order valence-corrected chi connectivity index (χ0v) is 9.17. The van der Waals surface area contributed by atoms with Crippen LogP contribution >= 0.6 is 0 Å². The predicted octanol–water partition coefficient (Wildman–Crippen LogP) is 2.03. The van der Waals surface area contributed by atoms with Gasteiger partial charge in [-0.3, -0.25) is 0 Å². The molecule has 78 valence electrons. The number of pyridine rings is 1. The van der Waals surface area contributed by atoms with Crippen LogP contribution in [0.4, 0.5) is 5.82 Å². The molecule has 0 amide bonds. The first kappa shape index (κ1) is 11.0. The maximum absolute atomic E-state index is 5.81. The normalized spacial score (nSPS) is 12.8. The Hall–Kier alpha value is -1.09. The number of nitrogens with one attached hydrogen (secondary N) is 1. The van der Waals surface area contributed by atoms with Crippen molar-refractivity contribution in [2.45, 2.75) is 33.2 Å². The summed E-state index contributed by atoms with van der Waals surface area (Å²) in [6.45, 7) is 7.30. The first-order valence-electron chi connectivity index (χ1n) is 5.10. The van der Waals surface area contributed by atoms with E-state index in [1.165, 1.54) is 0 Å². The zero-order valence-electron chi connectivity index (χ0n) is 9.17. The lowest BCUT2D eigenvalue weighted by molar-refractivity contribution is 0.570. The highest BCUT2D eigenvalue weighted by Gasteiger charge is 2.08. The van der Waals surface area contributed by atoms with Gasteiger partial charge in [0.2, 0.25) is 0 Å². The third kappa shape index (κ3) is 2.70. The molecule has 14 heavy (non-hydrogen) atoms. The second kappa shape index (κ2) is 4.96. The second-order valence-corrected chi connectivity index (χ2v) is 3.66. The monoisotopic (exact) mass is 193 g/mol. The highest BCUT2D eigenvalue weighted by Crippen LogP contribution is 2.18. The van der Waals surface area contributed by atoms with Crippen molar-refractivity contribution < 1.29 is 0 Å². The fraction of sp³-hybridized carbons (Fsp3) is 0.545. The van der Waals surface area contributed by atoms with Gasteiger partial charge in [0, 0.05) is 17.8 Å². The molecule has 3 heteroatoms. The van der Waals surface area contributed by atoms with E-state index < -0.39 is 0 Å². The van der Waals surface area contributed by atoms with Gasteiger partial charge in [-0.1, -0.05) is 6.92 Å². The molecule has 1 aromatic rings. The minimum Gasteiger partial charge on any atom is -0.383 e. The van der Waals surface area contributed by atoms with E-state index in [9.17, 15) is 0 Å². The lowest BCUT2D eigenvalue weighted by atomic mass is 10.1. The first-order valence-corrected chi connectivity index (χ1v) is 5.10. The number of aryl methyl sites for hydroxylation is 1. The third-order valence-corrected chi connectivity index (χ3v) is 2.25.